The number of nitrogens with zero attached hydrogens (tertiary/aromatic N) is 1. The SMILES string of the molecule is CCC(N)(CC)C(=O)N1c2ccccc2C[C@H]1C(=O)O. The molecule has 0 saturated heterocycles. The van der Waals surface area contributed by atoms with E-state index < -0.39 is 17.6 Å². The molecule has 1 heterocycles. The predicted molar refractivity (Wildman–Crippen MR) is 76.6 cm³/mol. The van der Waals surface area contributed by atoms with Crippen molar-refractivity contribution in [3.8, 4) is 0 Å². The second-order valence-electron chi connectivity index (χ2n) is 5.23. The van der Waals surface area contributed by atoms with Crippen molar-refractivity contribution in [1.82, 2.24) is 0 Å². The number of carbonyl (C=O) groups excluding carboxylic acids is 1. The summed E-state index contributed by atoms with van der Waals surface area (Å²) in [6.07, 6.45) is 1.29. The first-order valence-electron chi connectivity index (χ1n) is 6.88. The first-order valence-corrected chi connectivity index (χ1v) is 6.88. The summed E-state index contributed by atoms with van der Waals surface area (Å²) in [6, 6.07) is 6.43. The van der Waals surface area contributed by atoms with Crippen molar-refractivity contribution in [1.29, 1.82) is 0 Å². The van der Waals surface area contributed by atoms with Gasteiger partial charge in [-0.2, -0.15) is 0 Å². The molecule has 1 aliphatic heterocycles. The maximum atomic E-state index is 12.7. The lowest BCUT2D eigenvalue weighted by atomic mass is 9.92. The van der Waals surface area contributed by atoms with Gasteiger partial charge in [0.15, 0.2) is 0 Å². The number of amides is 1. The van der Waals surface area contributed by atoms with Crippen molar-refractivity contribution in [2.75, 3.05) is 4.90 Å². The number of hydrogen-bond acceptors (Lipinski definition) is 3. The third kappa shape index (κ3) is 2.18. The zero-order valence-corrected chi connectivity index (χ0v) is 11.8. The molecule has 1 aromatic rings. The van der Waals surface area contributed by atoms with Gasteiger partial charge in [0.25, 0.3) is 0 Å². The molecule has 5 heteroatoms. The monoisotopic (exact) mass is 276 g/mol. The smallest absolute Gasteiger partial charge is 0.327 e. The van der Waals surface area contributed by atoms with Crippen LogP contribution < -0.4 is 10.6 Å². The van der Waals surface area contributed by atoms with E-state index in [-0.39, 0.29) is 5.91 Å². The van der Waals surface area contributed by atoms with Gasteiger partial charge >= 0.3 is 5.97 Å². The predicted octanol–water partition coefficient (Wildman–Crippen LogP) is 1.55. The maximum Gasteiger partial charge on any atom is 0.327 e. The maximum absolute atomic E-state index is 12.7. The molecule has 0 unspecified atom stereocenters. The van der Waals surface area contributed by atoms with Gasteiger partial charge in [-0.05, 0) is 24.5 Å². The highest BCUT2D eigenvalue weighted by Crippen LogP contribution is 2.34. The second kappa shape index (κ2) is 5.25. The van der Waals surface area contributed by atoms with E-state index in [1.54, 1.807) is 12.1 Å². The summed E-state index contributed by atoms with van der Waals surface area (Å²) < 4.78 is 0. The fourth-order valence-electron chi connectivity index (χ4n) is 2.63. The van der Waals surface area contributed by atoms with E-state index in [0.717, 1.165) is 5.56 Å². The van der Waals surface area contributed by atoms with E-state index in [1.807, 2.05) is 26.0 Å². The van der Waals surface area contributed by atoms with E-state index in [2.05, 4.69) is 0 Å². The van der Waals surface area contributed by atoms with Crippen LogP contribution >= 0.6 is 0 Å². The summed E-state index contributed by atoms with van der Waals surface area (Å²) in [7, 11) is 0. The first-order chi connectivity index (χ1) is 9.44. The quantitative estimate of drug-likeness (QED) is 0.874. The van der Waals surface area contributed by atoms with Crippen LogP contribution in [0.3, 0.4) is 0 Å². The van der Waals surface area contributed by atoms with E-state index in [0.29, 0.717) is 24.9 Å². The average Bonchev–Trinajstić information content (AvgIpc) is 2.85. The number of rotatable bonds is 4. The molecule has 1 aliphatic rings. The molecule has 0 aliphatic carbocycles. The molecule has 0 fully saturated rings. The molecule has 2 rings (SSSR count). The van der Waals surface area contributed by atoms with Gasteiger partial charge in [0.05, 0.1) is 5.54 Å². The lowest BCUT2D eigenvalue weighted by molar-refractivity contribution is -0.140. The van der Waals surface area contributed by atoms with Crippen LogP contribution in [-0.2, 0) is 16.0 Å². The van der Waals surface area contributed by atoms with Crippen molar-refractivity contribution in [3.05, 3.63) is 29.8 Å². The fraction of sp³-hybridized carbons (Fsp3) is 0.467. The van der Waals surface area contributed by atoms with Crippen LogP contribution in [0.1, 0.15) is 32.3 Å². The number of para-hydroxylation sites is 1. The summed E-state index contributed by atoms with van der Waals surface area (Å²) in [5.74, 6) is -1.30. The Balaban J connectivity index is 2.46. The minimum Gasteiger partial charge on any atom is -0.480 e. The second-order valence-corrected chi connectivity index (χ2v) is 5.23. The number of aliphatic carboxylic acids is 1. The number of hydrogen-bond donors (Lipinski definition) is 2. The van der Waals surface area contributed by atoms with Gasteiger partial charge in [-0.25, -0.2) is 4.79 Å². The molecule has 0 bridgehead atoms. The molecule has 108 valence electrons. The third-order valence-electron chi connectivity index (χ3n) is 4.17. The van der Waals surface area contributed by atoms with Crippen molar-refractivity contribution in [3.63, 3.8) is 0 Å². The Morgan fingerprint density at radius 2 is 1.95 bits per heavy atom. The van der Waals surface area contributed by atoms with E-state index in [4.69, 9.17) is 5.73 Å². The standard InChI is InChI=1S/C15H20N2O3/c1-3-15(16,4-2)14(20)17-11-8-6-5-7-10(11)9-12(17)13(18)19/h5-8,12H,3-4,9,16H2,1-2H3,(H,18,19)/t12-/m0/s1. The van der Waals surface area contributed by atoms with E-state index in [9.17, 15) is 14.7 Å². The topological polar surface area (TPSA) is 83.6 Å². The molecule has 0 aromatic heterocycles. The Hall–Kier alpha value is -1.88. The molecule has 0 radical (unpaired) electrons. The molecule has 20 heavy (non-hydrogen) atoms. The minimum atomic E-state index is -1.01. The van der Waals surface area contributed by atoms with Crippen molar-refractivity contribution < 1.29 is 14.7 Å². The Kier molecular flexibility index (Phi) is 3.81. The van der Waals surface area contributed by atoms with Crippen molar-refractivity contribution >= 4 is 17.6 Å². The summed E-state index contributed by atoms with van der Waals surface area (Å²) in [6.45, 7) is 3.69. The van der Waals surface area contributed by atoms with Gasteiger partial charge in [0.1, 0.15) is 6.04 Å². The Morgan fingerprint density at radius 1 is 1.35 bits per heavy atom. The summed E-state index contributed by atoms with van der Waals surface area (Å²) in [5.41, 5.74) is 6.69. The summed E-state index contributed by atoms with van der Waals surface area (Å²) >= 11 is 0. The summed E-state index contributed by atoms with van der Waals surface area (Å²) in [5, 5.41) is 9.38. The van der Waals surface area contributed by atoms with Gasteiger partial charge < -0.3 is 10.8 Å². The number of carboxylic acids is 1. The number of fused-ring (bicyclic) bond motifs is 1. The molecular weight excluding hydrogens is 256 g/mol. The Labute approximate surface area is 118 Å². The molecule has 3 N–H and O–H groups in total. The van der Waals surface area contributed by atoms with Crippen LogP contribution in [0.15, 0.2) is 24.3 Å². The minimum absolute atomic E-state index is 0.306. The molecular formula is C15H20N2O3. The highest BCUT2D eigenvalue weighted by atomic mass is 16.4. The summed E-state index contributed by atoms with van der Waals surface area (Å²) in [4.78, 5) is 25.6. The van der Waals surface area contributed by atoms with Gasteiger partial charge in [-0.15, -0.1) is 0 Å². The normalized spacial score (nSPS) is 17.9. The third-order valence-corrected chi connectivity index (χ3v) is 4.17. The van der Waals surface area contributed by atoms with Gasteiger partial charge in [0.2, 0.25) is 5.91 Å². The Bertz CT molecular complexity index is 538. The van der Waals surface area contributed by atoms with Gasteiger partial charge in [-0.3, -0.25) is 9.69 Å². The highest BCUT2D eigenvalue weighted by molar-refractivity contribution is 6.06. The van der Waals surface area contributed by atoms with Crippen LogP contribution in [0, 0.1) is 0 Å². The van der Waals surface area contributed by atoms with E-state index in [1.165, 1.54) is 4.90 Å². The van der Waals surface area contributed by atoms with Crippen LogP contribution in [-0.4, -0.2) is 28.6 Å². The van der Waals surface area contributed by atoms with Crippen LogP contribution in [0.5, 0.6) is 0 Å². The molecule has 1 atom stereocenters. The fourth-order valence-corrected chi connectivity index (χ4v) is 2.63. The average molecular weight is 276 g/mol. The number of nitrogens with two attached hydrogens (primary N) is 1. The first kappa shape index (κ1) is 14.5. The number of carboxylic acid groups (broad SMARTS) is 1. The molecule has 0 spiro atoms. The molecule has 1 aromatic carbocycles. The largest absolute Gasteiger partial charge is 0.480 e. The van der Waals surface area contributed by atoms with Gasteiger partial charge in [-0.1, -0.05) is 32.0 Å². The Morgan fingerprint density at radius 3 is 2.50 bits per heavy atom. The van der Waals surface area contributed by atoms with Crippen LogP contribution in [0.4, 0.5) is 5.69 Å². The number of carbonyl (C=O) groups is 2. The van der Waals surface area contributed by atoms with Crippen LogP contribution in [0.25, 0.3) is 0 Å². The zero-order chi connectivity index (χ0) is 14.9. The van der Waals surface area contributed by atoms with Crippen molar-refractivity contribution in [2.45, 2.75) is 44.7 Å². The number of benzene rings is 1. The van der Waals surface area contributed by atoms with E-state index >= 15 is 0 Å². The molecule has 1 amide bonds. The zero-order valence-electron chi connectivity index (χ0n) is 11.8. The lowest BCUT2D eigenvalue weighted by Gasteiger charge is -2.33. The van der Waals surface area contributed by atoms with Gasteiger partial charge in [0, 0.05) is 12.1 Å². The van der Waals surface area contributed by atoms with Crippen molar-refractivity contribution in [2.24, 2.45) is 5.73 Å². The lowest BCUT2D eigenvalue weighted by Crippen LogP contribution is -2.58. The van der Waals surface area contributed by atoms with Crippen LogP contribution in [0.2, 0.25) is 0 Å². The number of anilines is 1. The molecule has 0 saturated carbocycles. The highest BCUT2D eigenvalue weighted by Gasteiger charge is 2.44. The molecule has 5 nitrogen and oxygen atoms in total.